The average molecular weight is 289 g/mol. The van der Waals surface area contributed by atoms with Crippen LogP contribution in [0.15, 0.2) is 24.3 Å². The lowest BCUT2D eigenvalue weighted by atomic mass is 10.2. The Kier molecular flexibility index (Phi) is 5.82. The van der Waals surface area contributed by atoms with E-state index in [2.05, 4.69) is 0 Å². The van der Waals surface area contributed by atoms with Gasteiger partial charge in [0, 0.05) is 18.7 Å². The second kappa shape index (κ2) is 7.14. The van der Waals surface area contributed by atoms with Gasteiger partial charge in [0.1, 0.15) is 0 Å². The van der Waals surface area contributed by atoms with Crippen LogP contribution in [0.25, 0.3) is 0 Å². The van der Waals surface area contributed by atoms with Gasteiger partial charge >= 0.3 is 6.18 Å². The molecular weight excluding hydrogens is 271 g/mol. The quantitative estimate of drug-likeness (QED) is 0.753. The van der Waals surface area contributed by atoms with Crippen molar-refractivity contribution in [2.24, 2.45) is 5.73 Å². The average Bonchev–Trinajstić information content (AvgIpc) is 2.26. The Morgan fingerprint density at radius 1 is 1.30 bits per heavy atom. The van der Waals surface area contributed by atoms with Crippen LogP contribution >= 0.6 is 0 Å². The Morgan fingerprint density at radius 3 is 2.55 bits per heavy atom. The molecule has 4 nitrogen and oxygen atoms in total. The van der Waals surface area contributed by atoms with Crippen molar-refractivity contribution < 1.29 is 18.0 Å². The fourth-order valence-corrected chi connectivity index (χ4v) is 1.89. The van der Waals surface area contributed by atoms with Gasteiger partial charge in [-0.05, 0) is 30.7 Å². The first-order valence-corrected chi connectivity index (χ1v) is 6.18. The van der Waals surface area contributed by atoms with Gasteiger partial charge < -0.3 is 11.5 Å². The second-order valence-electron chi connectivity index (χ2n) is 4.64. The van der Waals surface area contributed by atoms with E-state index in [1.54, 1.807) is 29.2 Å². The first kappa shape index (κ1) is 16.3. The van der Waals surface area contributed by atoms with E-state index >= 15 is 0 Å². The van der Waals surface area contributed by atoms with Gasteiger partial charge in [-0.15, -0.1) is 0 Å². The smallest absolute Gasteiger partial charge is 0.389 e. The molecule has 1 rings (SSSR count). The molecule has 0 bridgehead atoms. The Morgan fingerprint density at radius 2 is 2.00 bits per heavy atom. The standard InChI is InChI=1S/C13H18F3N3O/c14-13(15,16)5-2-6-19(9-12(18)20)8-10-3-1-4-11(17)7-10/h1,3-4,7H,2,5-6,8-9,17H2,(H2,18,20). The van der Waals surface area contributed by atoms with Crippen molar-refractivity contribution >= 4 is 11.6 Å². The summed E-state index contributed by atoms with van der Waals surface area (Å²) in [6.45, 7) is 0.412. The highest BCUT2D eigenvalue weighted by molar-refractivity contribution is 5.75. The maximum atomic E-state index is 12.1. The minimum Gasteiger partial charge on any atom is -0.399 e. The number of primary amides is 1. The Labute approximate surface area is 115 Å². The van der Waals surface area contributed by atoms with E-state index in [9.17, 15) is 18.0 Å². The molecule has 0 saturated heterocycles. The molecule has 0 aliphatic heterocycles. The molecule has 0 fully saturated rings. The number of nitrogens with zero attached hydrogens (tertiary/aromatic N) is 1. The summed E-state index contributed by atoms with van der Waals surface area (Å²) in [5.41, 5.74) is 12.1. The highest BCUT2D eigenvalue weighted by Crippen LogP contribution is 2.21. The number of rotatable bonds is 7. The van der Waals surface area contributed by atoms with Crippen LogP contribution in [0.1, 0.15) is 18.4 Å². The van der Waals surface area contributed by atoms with Crippen molar-refractivity contribution in [2.45, 2.75) is 25.6 Å². The van der Waals surface area contributed by atoms with Crippen LogP contribution in [0.4, 0.5) is 18.9 Å². The molecule has 112 valence electrons. The van der Waals surface area contributed by atoms with E-state index in [4.69, 9.17) is 11.5 Å². The Balaban J connectivity index is 2.57. The molecule has 0 aromatic heterocycles. The van der Waals surface area contributed by atoms with Crippen LogP contribution in [0.5, 0.6) is 0 Å². The summed E-state index contributed by atoms with van der Waals surface area (Å²) >= 11 is 0. The van der Waals surface area contributed by atoms with Crippen LogP contribution in [0.2, 0.25) is 0 Å². The molecule has 1 aromatic carbocycles. The summed E-state index contributed by atoms with van der Waals surface area (Å²) < 4.78 is 36.4. The third-order valence-corrected chi connectivity index (χ3v) is 2.67. The molecule has 20 heavy (non-hydrogen) atoms. The van der Waals surface area contributed by atoms with Crippen LogP contribution in [-0.2, 0) is 11.3 Å². The number of nitrogen functional groups attached to an aromatic ring is 1. The lowest BCUT2D eigenvalue weighted by Crippen LogP contribution is -2.34. The molecule has 0 aliphatic rings. The highest BCUT2D eigenvalue weighted by atomic mass is 19.4. The van der Waals surface area contributed by atoms with E-state index in [0.717, 1.165) is 5.56 Å². The molecule has 1 aromatic rings. The number of alkyl halides is 3. The maximum absolute atomic E-state index is 12.1. The number of carbonyl (C=O) groups excluding carboxylic acids is 1. The van der Waals surface area contributed by atoms with Crippen LogP contribution < -0.4 is 11.5 Å². The molecule has 0 saturated carbocycles. The molecule has 0 heterocycles. The summed E-state index contributed by atoms with van der Waals surface area (Å²) in [4.78, 5) is 12.5. The lowest BCUT2D eigenvalue weighted by molar-refractivity contribution is -0.136. The molecule has 7 heteroatoms. The third-order valence-electron chi connectivity index (χ3n) is 2.67. The topological polar surface area (TPSA) is 72.4 Å². The Bertz CT molecular complexity index is 449. The van der Waals surface area contributed by atoms with Gasteiger partial charge in [-0.2, -0.15) is 13.2 Å². The van der Waals surface area contributed by atoms with Gasteiger partial charge in [-0.1, -0.05) is 12.1 Å². The normalized spacial score (nSPS) is 11.8. The second-order valence-corrected chi connectivity index (χ2v) is 4.64. The Hall–Kier alpha value is -1.76. The molecule has 0 spiro atoms. The number of hydrogen-bond donors (Lipinski definition) is 2. The zero-order chi connectivity index (χ0) is 15.2. The van der Waals surface area contributed by atoms with Gasteiger partial charge in [0.15, 0.2) is 0 Å². The number of anilines is 1. The fraction of sp³-hybridized carbons (Fsp3) is 0.462. The first-order valence-electron chi connectivity index (χ1n) is 6.18. The summed E-state index contributed by atoms with van der Waals surface area (Å²) in [6, 6.07) is 6.99. The van der Waals surface area contributed by atoms with Crippen molar-refractivity contribution in [3.63, 3.8) is 0 Å². The number of hydrogen-bond acceptors (Lipinski definition) is 3. The molecule has 0 unspecified atom stereocenters. The van der Waals surface area contributed by atoms with E-state index in [0.29, 0.717) is 12.2 Å². The van der Waals surface area contributed by atoms with Crippen LogP contribution in [0, 0.1) is 0 Å². The summed E-state index contributed by atoms with van der Waals surface area (Å²) in [5.74, 6) is -0.569. The first-order chi connectivity index (χ1) is 9.26. The van der Waals surface area contributed by atoms with E-state index < -0.39 is 18.5 Å². The predicted octanol–water partition coefficient (Wildman–Crippen LogP) is 1.90. The van der Waals surface area contributed by atoms with E-state index in [1.165, 1.54) is 0 Å². The fourth-order valence-electron chi connectivity index (χ4n) is 1.89. The molecule has 0 atom stereocenters. The van der Waals surface area contributed by atoms with Crippen molar-refractivity contribution in [3.05, 3.63) is 29.8 Å². The van der Waals surface area contributed by atoms with Crippen molar-refractivity contribution in [2.75, 3.05) is 18.8 Å². The predicted molar refractivity (Wildman–Crippen MR) is 70.6 cm³/mol. The summed E-state index contributed by atoms with van der Waals surface area (Å²) in [5, 5.41) is 0. The van der Waals surface area contributed by atoms with Crippen molar-refractivity contribution in [1.82, 2.24) is 4.90 Å². The van der Waals surface area contributed by atoms with Crippen LogP contribution in [0.3, 0.4) is 0 Å². The highest BCUT2D eigenvalue weighted by Gasteiger charge is 2.26. The van der Waals surface area contributed by atoms with Crippen LogP contribution in [-0.4, -0.2) is 30.1 Å². The van der Waals surface area contributed by atoms with Crippen molar-refractivity contribution in [1.29, 1.82) is 0 Å². The number of nitrogens with two attached hydrogens (primary N) is 2. The summed E-state index contributed by atoms with van der Waals surface area (Å²) in [6.07, 6.45) is -5.13. The number of amides is 1. The van der Waals surface area contributed by atoms with Gasteiger partial charge in [-0.3, -0.25) is 9.69 Å². The minimum atomic E-state index is -4.18. The number of carbonyl (C=O) groups is 1. The molecule has 1 amide bonds. The zero-order valence-electron chi connectivity index (χ0n) is 11.0. The van der Waals surface area contributed by atoms with Gasteiger partial charge in [0.05, 0.1) is 6.54 Å². The van der Waals surface area contributed by atoms with Gasteiger partial charge in [-0.25, -0.2) is 0 Å². The SMILES string of the molecule is NC(=O)CN(CCCC(F)(F)F)Cc1cccc(N)c1. The monoisotopic (exact) mass is 289 g/mol. The minimum absolute atomic E-state index is 0.0703. The third kappa shape index (κ3) is 6.98. The summed E-state index contributed by atoms with van der Waals surface area (Å²) in [7, 11) is 0. The molecule has 0 radical (unpaired) electrons. The lowest BCUT2D eigenvalue weighted by Gasteiger charge is -2.21. The number of halogens is 3. The van der Waals surface area contributed by atoms with Gasteiger partial charge in [0.2, 0.25) is 5.91 Å². The largest absolute Gasteiger partial charge is 0.399 e. The van der Waals surface area contributed by atoms with E-state index in [1.807, 2.05) is 0 Å². The van der Waals surface area contributed by atoms with Crippen molar-refractivity contribution in [3.8, 4) is 0 Å². The molecule has 4 N–H and O–H groups in total. The molecular formula is C13H18F3N3O. The number of benzene rings is 1. The van der Waals surface area contributed by atoms with Gasteiger partial charge in [0.25, 0.3) is 0 Å². The maximum Gasteiger partial charge on any atom is 0.389 e. The zero-order valence-corrected chi connectivity index (χ0v) is 11.0. The van der Waals surface area contributed by atoms with E-state index in [-0.39, 0.29) is 19.5 Å². The molecule has 0 aliphatic carbocycles.